The predicted molar refractivity (Wildman–Crippen MR) is 134 cm³/mol. The van der Waals surface area contributed by atoms with E-state index in [1.807, 2.05) is 0 Å². The van der Waals surface area contributed by atoms with Crippen LogP contribution in [0.3, 0.4) is 0 Å². The van der Waals surface area contributed by atoms with Gasteiger partial charge in [-0.05, 0) is 48.6 Å². The number of carbonyl (C=O) groups is 1. The molecule has 1 aliphatic rings. The van der Waals surface area contributed by atoms with Crippen molar-refractivity contribution in [2.45, 2.75) is 37.1 Å². The summed E-state index contributed by atoms with van der Waals surface area (Å²) in [7, 11) is -4.34. The van der Waals surface area contributed by atoms with E-state index in [2.05, 4.69) is 10.4 Å². The molecule has 2 aromatic heterocycles. The van der Waals surface area contributed by atoms with Crippen molar-refractivity contribution in [1.82, 2.24) is 19.8 Å². The highest BCUT2D eigenvalue weighted by Gasteiger charge is 2.30. The van der Waals surface area contributed by atoms with Crippen molar-refractivity contribution in [3.63, 3.8) is 0 Å². The highest BCUT2D eigenvalue weighted by atomic mass is 32.2. The summed E-state index contributed by atoms with van der Waals surface area (Å²) in [6.45, 7) is -0.463. The van der Waals surface area contributed by atoms with Crippen LogP contribution in [0.25, 0.3) is 16.5 Å². The molecule has 204 valence electrons. The molecule has 0 saturated carbocycles. The molecule has 5 rings (SSSR count). The minimum Gasteiger partial charge on any atom is -0.443 e. The fourth-order valence-corrected chi connectivity index (χ4v) is 5.35. The van der Waals surface area contributed by atoms with Crippen LogP contribution < -0.4 is 10.0 Å². The molecule has 1 aliphatic carbocycles. The quantitative estimate of drug-likeness (QED) is 0.306. The van der Waals surface area contributed by atoms with Crippen molar-refractivity contribution in [2.24, 2.45) is 0 Å². The summed E-state index contributed by atoms with van der Waals surface area (Å²) in [5, 5.41) is 6.59. The van der Waals surface area contributed by atoms with Crippen LogP contribution in [0, 0.1) is 0 Å². The first-order valence-electron chi connectivity index (χ1n) is 11.9. The Kier molecular flexibility index (Phi) is 6.93. The first kappa shape index (κ1) is 26.5. The number of fused-ring (bicyclic) bond motifs is 2. The Morgan fingerprint density at radius 2 is 1.82 bits per heavy atom. The summed E-state index contributed by atoms with van der Waals surface area (Å²) in [5.41, 5.74) is 1.67. The van der Waals surface area contributed by atoms with E-state index in [0.717, 1.165) is 17.7 Å². The number of sulfonamides is 1. The number of urea groups is 1. The molecule has 0 atom stereocenters. The first-order valence-corrected chi connectivity index (χ1v) is 13.4. The summed E-state index contributed by atoms with van der Waals surface area (Å²) in [5.74, 6) is -0.679. The lowest BCUT2D eigenvalue weighted by Gasteiger charge is -2.19. The van der Waals surface area contributed by atoms with Crippen molar-refractivity contribution in [3.05, 3.63) is 89.0 Å². The van der Waals surface area contributed by atoms with Crippen LogP contribution in [0.1, 0.15) is 35.2 Å². The average molecular weight is 563 g/mol. The summed E-state index contributed by atoms with van der Waals surface area (Å²) in [6, 6.07) is 11.4. The molecule has 0 saturated heterocycles. The lowest BCUT2D eigenvalue weighted by atomic mass is 9.92. The normalized spacial score (nSPS) is 15.2. The van der Waals surface area contributed by atoms with E-state index in [1.165, 1.54) is 22.9 Å². The number of alkyl halides is 3. The topological polar surface area (TPSA) is 106 Å². The van der Waals surface area contributed by atoms with E-state index in [4.69, 9.17) is 4.42 Å². The van der Waals surface area contributed by atoms with E-state index < -0.39 is 45.3 Å². The lowest BCUT2D eigenvalue weighted by Crippen LogP contribution is -2.40. The second kappa shape index (κ2) is 10.2. The highest BCUT2D eigenvalue weighted by Crippen LogP contribution is 2.34. The molecule has 39 heavy (non-hydrogen) atoms. The fraction of sp³-hybridized carbons (Fsp3) is 0.231. The van der Waals surface area contributed by atoms with Gasteiger partial charge in [0.25, 0.3) is 10.0 Å². The van der Waals surface area contributed by atoms with Gasteiger partial charge in [0, 0.05) is 17.0 Å². The number of nitrogens with zero attached hydrogens (tertiary/aromatic N) is 2. The highest BCUT2D eigenvalue weighted by molar-refractivity contribution is 7.89. The number of nitrogens with one attached hydrogen (secondary N) is 2. The minimum absolute atomic E-state index is 0.119. The van der Waals surface area contributed by atoms with Crippen molar-refractivity contribution in [2.75, 3.05) is 6.54 Å². The number of carbonyl (C=O) groups excluding carboxylic acids is 1. The number of hydrogen-bond acceptors (Lipinski definition) is 5. The van der Waals surface area contributed by atoms with E-state index >= 15 is 4.39 Å². The monoisotopic (exact) mass is 562 g/mol. The van der Waals surface area contributed by atoms with Crippen LogP contribution in [0.4, 0.5) is 22.4 Å². The van der Waals surface area contributed by atoms with Crippen LogP contribution in [0.15, 0.2) is 76.1 Å². The van der Waals surface area contributed by atoms with E-state index in [1.54, 1.807) is 35.2 Å². The molecule has 4 aromatic rings. The van der Waals surface area contributed by atoms with Crippen LogP contribution in [-0.4, -0.2) is 30.8 Å². The summed E-state index contributed by atoms with van der Waals surface area (Å²) < 4.78 is 87.6. The molecular formula is C26H22F4N4O4S. The summed E-state index contributed by atoms with van der Waals surface area (Å²) >= 11 is 0. The molecular weight excluding hydrogens is 540 g/mol. The van der Waals surface area contributed by atoms with Gasteiger partial charge in [-0.15, -0.1) is 0 Å². The van der Waals surface area contributed by atoms with Crippen molar-refractivity contribution in [1.29, 1.82) is 0 Å². The molecule has 8 nitrogen and oxygen atoms in total. The molecule has 0 unspecified atom stereocenters. The van der Waals surface area contributed by atoms with Crippen molar-refractivity contribution in [3.8, 4) is 0 Å². The van der Waals surface area contributed by atoms with Gasteiger partial charge in [0.1, 0.15) is 11.4 Å². The molecule has 2 amide bonds. The van der Waals surface area contributed by atoms with Crippen LogP contribution in [0.2, 0.25) is 0 Å². The van der Waals surface area contributed by atoms with Gasteiger partial charge in [0.05, 0.1) is 30.5 Å². The second-order valence-electron chi connectivity index (χ2n) is 9.00. The molecule has 2 heterocycles. The maximum absolute atomic E-state index is 15.3. The number of para-hydroxylation sites is 1. The Morgan fingerprint density at radius 3 is 2.54 bits per heavy atom. The fourth-order valence-electron chi connectivity index (χ4n) is 4.45. The number of amides is 2. The number of benzene rings is 2. The number of hydrogen-bond donors (Lipinski definition) is 2. The third kappa shape index (κ3) is 5.67. The molecule has 0 bridgehead atoms. The second-order valence-corrected chi connectivity index (χ2v) is 10.6. The van der Waals surface area contributed by atoms with E-state index in [9.17, 15) is 26.4 Å². The average Bonchev–Trinajstić information content (AvgIpc) is 3.52. The molecule has 0 radical (unpaired) electrons. The number of aromatic nitrogens is 2. The Morgan fingerprint density at radius 1 is 1.08 bits per heavy atom. The summed E-state index contributed by atoms with van der Waals surface area (Å²) in [6.07, 6.45) is -1.24. The lowest BCUT2D eigenvalue weighted by molar-refractivity contribution is -0.137. The standard InChI is InChI=1S/C26H22F4N4O4S/c27-21(14-31-25(35)33-39(36,37)23-12-17-4-1-2-7-22(17)38-23)20-6-3-5-18-13-32-34(24(18)20)15-16-8-10-19(11-9-16)26(28,29)30/h1-2,4,7-13H,3,5-6,14-15H2,(H2,31,33,35). The van der Waals surface area contributed by atoms with Gasteiger partial charge < -0.3 is 9.73 Å². The molecule has 0 fully saturated rings. The Bertz CT molecular complexity index is 1640. The van der Waals surface area contributed by atoms with Crippen molar-refractivity contribution < 1.29 is 35.2 Å². The zero-order valence-electron chi connectivity index (χ0n) is 20.3. The van der Waals surface area contributed by atoms with Gasteiger partial charge in [0.2, 0.25) is 5.09 Å². The van der Waals surface area contributed by atoms with Crippen LogP contribution >= 0.6 is 0 Å². The third-order valence-electron chi connectivity index (χ3n) is 6.31. The smallest absolute Gasteiger partial charge is 0.416 e. The third-order valence-corrected chi connectivity index (χ3v) is 7.50. The molecule has 13 heteroatoms. The summed E-state index contributed by atoms with van der Waals surface area (Å²) in [4.78, 5) is 12.3. The minimum atomic E-state index is -4.45. The number of allylic oxidation sites excluding steroid dienone is 1. The largest absolute Gasteiger partial charge is 0.443 e. The van der Waals surface area contributed by atoms with Crippen LogP contribution in [-0.2, 0) is 29.2 Å². The molecule has 2 aromatic carbocycles. The van der Waals surface area contributed by atoms with Gasteiger partial charge in [-0.3, -0.25) is 4.68 Å². The van der Waals surface area contributed by atoms with E-state index in [-0.39, 0.29) is 6.54 Å². The maximum atomic E-state index is 15.3. The Labute approximate surface area is 220 Å². The van der Waals surface area contributed by atoms with Crippen LogP contribution in [0.5, 0.6) is 0 Å². The van der Waals surface area contributed by atoms with Gasteiger partial charge in [-0.25, -0.2) is 13.9 Å². The van der Waals surface area contributed by atoms with Crippen molar-refractivity contribution >= 4 is 32.6 Å². The Balaban J connectivity index is 1.29. The zero-order valence-corrected chi connectivity index (χ0v) is 21.1. The van der Waals surface area contributed by atoms with E-state index in [0.29, 0.717) is 47.1 Å². The SMILES string of the molecule is O=C(NCC(F)=C1CCCc2cnn(Cc3ccc(C(F)(F)F)cc3)c21)NS(=O)(=O)c1cc2ccccc2o1. The van der Waals surface area contributed by atoms with Gasteiger partial charge in [0.15, 0.2) is 0 Å². The predicted octanol–water partition coefficient (Wildman–Crippen LogP) is 5.40. The molecule has 0 spiro atoms. The van der Waals surface area contributed by atoms with Gasteiger partial charge in [-0.2, -0.15) is 26.7 Å². The molecule has 2 N–H and O–H groups in total. The number of rotatable bonds is 6. The van der Waals surface area contributed by atoms with Gasteiger partial charge in [-0.1, -0.05) is 30.3 Å². The zero-order chi connectivity index (χ0) is 27.8. The Hall–Kier alpha value is -4.13. The number of halogens is 4. The number of aryl methyl sites for hydroxylation is 1. The first-order chi connectivity index (χ1) is 18.5. The number of furan rings is 1. The molecule has 0 aliphatic heterocycles. The van der Waals surface area contributed by atoms with Gasteiger partial charge >= 0.3 is 12.2 Å². The maximum Gasteiger partial charge on any atom is 0.416 e.